The number of ether oxygens (including phenoxy) is 2. The highest BCUT2D eigenvalue weighted by atomic mass is 32.1. The van der Waals surface area contributed by atoms with Crippen LogP contribution in [0.25, 0.3) is 20.8 Å². The molecule has 0 amide bonds. The van der Waals surface area contributed by atoms with E-state index in [2.05, 4.69) is 21.6 Å². The van der Waals surface area contributed by atoms with Gasteiger partial charge in [-0.05, 0) is 68.0 Å². The van der Waals surface area contributed by atoms with Crippen molar-refractivity contribution in [3.63, 3.8) is 0 Å². The fourth-order valence-electron chi connectivity index (χ4n) is 3.74. The summed E-state index contributed by atoms with van der Waals surface area (Å²) in [5.41, 5.74) is 7.89. The first-order chi connectivity index (χ1) is 21.0. The van der Waals surface area contributed by atoms with Gasteiger partial charge in [0.1, 0.15) is 11.5 Å². The van der Waals surface area contributed by atoms with Gasteiger partial charge in [0.15, 0.2) is 17.9 Å². The number of hydrogen-bond donors (Lipinski definition) is 1. The zero-order chi connectivity index (χ0) is 32.2. The topological polar surface area (TPSA) is 139 Å². The molecule has 0 unspecified atom stereocenters. The number of aromatic nitrogens is 2. The zero-order valence-electron chi connectivity index (χ0n) is 25.2. The van der Waals surface area contributed by atoms with E-state index in [0.29, 0.717) is 40.8 Å². The summed E-state index contributed by atoms with van der Waals surface area (Å²) < 4.78 is 25.3. The number of carbonyl (C=O) groups excluding carboxylic acids is 4. The predicted molar refractivity (Wildman–Crippen MR) is 167 cm³/mol. The van der Waals surface area contributed by atoms with E-state index in [1.165, 1.54) is 37.4 Å². The molecule has 232 valence electrons. The average Bonchev–Trinajstić information content (AvgIpc) is 3.67. The fraction of sp³-hybridized carbons (Fsp3) is 0.333. The molecule has 0 radical (unpaired) electrons. The lowest BCUT2D eigenvalue weighted by molar-refractivity contribution is -0.156. The van der Waals surface area contributed by atoms with Crippen LogP contribution in [0.4, 0.5) is 4.39 Å². The second-order valence-corrected chi connectivity index (χ2v) is 11.5. The Morgan fingerprint density at radius 1 is 1.07 bits per heavy atom. The van der Waals surface area contributed by atoms with Crippen molar-refractivity contribution in [3.8, 4) is 22.1 Å². The smallest absolute Gasteiger partial charge is 0.310 e. The number of ketones is 1. The molecule has 3 heterocycles. The van der Waals surface area contributed by atoms with Crippen LogP contribution in [-0.4, -0.2) is 40.0 Å². The molecule has 11 heteroatoms. The van der Waals surface area contributed by atoms with Crippen LogP contribution in [0.2, 0.25) is 0 Å². The molecule has 1 aromatic carbocycles. The van der Waals surface area contributed by atoms with Crippen LogP contribution in [0.5, 0.6) is 11.5 Å². The number of halogens is 1. The van der Waals surface area contributed by atoms with Gasteiger partial charge in [0.2, 0.25) is 0 Å². The molecule has 2 N–H and O–H groups in total. The molecule has 44 heavy (non-hydrogen) atoms. The summed E-state index contributed by atoms with van der Waals surface area (Å²) in [5, 5.41) is 0. The van der Waals surface area contributed by atoms with Crippen molar-refractivity contribution in [3.05, 3.63) is 71.8 Å². The van der Waals surface area contributed by atoms with E-state index in [4.69, 9.17) is 10.5 Å². The molecule has 0 saturated heterocycles. The number of aldehydes is 1. The molecule has 1 fully saturated rings. The number of nitrogens with two attached hydrogens (primary N) is 1. The molecular formula is C33H36FN3O6S. The van der Waals surface area contributed by atoms with Crippen molar-refractivity contribution in [2.45, 2.75) is 65.8 Å². The van der Waals surface area contributed by atoms with E-state index >= 15 is 0 Å². The highest BCUT2D eigenvalue weighted by Crippen LogP contribution is 2.39. The third kappa shape index (κ3) is 11.1. The zero-order valence-corrected chi connectivity index (χ0v) is 26.0. The highest BCUT2D eigenvalue weighted by Gasteiger charge is 2.24. The van der Waals surface area contributed by atoms with Crippen LogP contribution in [0.15, 0.2) is 54.9 Å². The van der Waals surface area contributed by atoms with E-state index in [1.54, 1.807) is 36.5 Å². The van der Waals surface area contributed by atoms with Gasteiger partial charge < -0.3 is 15.2 Å². The fourth-order valence-corrected chi connectivity index (χ4v) is 4.79. The van der Waals surface area contributed by atoms with Crippen LogP contribution < -0.4 is 10.5 Å². The van der Waals surface area contributed by atoms with Crippen LogP contribution in [0, 0.1) is 11.7 Å². The SMILES string of the molecule is CC(=O)OC(C)=O.CC[C@H](C)N.O=Cc1ccc(-c2cc3nccc(Oc4ccc(CC(=O)CC5CC5)cc4F)c3s2)nc1. The molecule has 0 aliphatic heterocycles. The molecular weight excluding hydrogens is 585 g/mol. The minimum Gasteiger partial charge on any atom is -0.453 e. The number of benzene rings is 1. The normalized spacial score (nSPS) is 12.6. The molecule has 1 aliphatic rings. The Morgan fingerprint density at radius 3 is 2.30 bits per heavy atom. The van der Waals surface area contributed by atoms with E-state index in [9.17, 15) is 23.6 Å². The summed E-state index contributed by atoms with van der Waals surface area (Å²) in [7, 11) is 0. The molecule has 3 aromatic heterocycles. The summed E-state index contributed by atoms with van der Waals surface area (Å²) in [6.07, 6.45) is 8.04. The molecule has 9 nitrogen and oxygen atoms in total. The number of hydrogen-bond acceptors (Lipinski definition) is 10. The van der Waals surface area contributed by atoms with Crippen LogP contribution in [0.3, 0.4) is 0 Å². The van der Waals surface area contributed by atoms with Gasteiger partial charge in [-0.3, -0.25) is 29.1 Å². The van der Waals surface area contributed by atoms with Gasteiger partial charge >= 0.3 is 11.9 Å². The number of carbonyl (C=O) groups is 4. The summed E-state index contributed by atoms with van der Waals surface area (Å²) in [6.45, 7) is 6.44. The van der Waals surface area contributed by atoms with Crippen LogP contribution >= 0.6 is 11.3 Å². The number of Topliss-reactive ketones (excluding diaryl/α,β-unsaturated/α-hetero) is 1. The number of esters is 2. The van der Waals surface area contributed by atoms with Crippen molar-refractivity contribution < 1.29 is 33.0 Å². The second-order valence-electron chi connectivity index (χ2n) is 10.4. The quantitative estimate of drug-likeness (QED) is 0.121. The maximum atomic E-state index is 14.7. The standard InChI is InChI=1S/C25H19FN2O3S.C4H11N.C4H6O3/c26-19-11-16(10-18(30)9-15-1-2-15)4-6-22(19)31-23-7-8-27-21-12-24(32-25(21)23)20-5-3-17(14-29)13-28-20;1-3-4(2)5;1-3(5)7-4(2)6/h3-8,11-15H,1-2,9-10H2;4H,3,5H2,1-2H3;1-2H3/t;4-;/m.0./s1. The maximum Gasteiger partial charge on any atom is 0.310 e. The van der Waals surface area contributed by atoms with Crippen LogP contribution in [-0.2, 0) is 25.5 Å². The molecule has 0 spiro atoms. The third-order valence-corrected chi connectivity index (χ3v) is 7.47. The van der Waals surface area contributed by atoms with Gasteiger partial charge in [-0.1, -0.05) is 13.0 Å². The lowest BCUT2D eigenvalue weighted by atomic mass is 10.0. The summed E-state index contributed by atoms with van der Waals surface area (Å²) in [5.74, 6) is -0.365. The average molecular weight is 622 g/mol. The van der Waals surface area contributed by atoms with Crippen molar-refractivity contribution in [1.29, 1.82) is 0 Å². The molecule has 4 aromatic rings. The Hall–Kier alpha value is -4.35. The molecule has 0 bridgehead atoms. The Balaban J connectivity index is 0.000000375. The summed E-state index contributed by atoms with van der Waals surface area (Å²) >= 11 is 1.43. The Kier molecular flexibility index (Phi) is 12.8. The monoisotopic (exact) mass is 621 g/mol. The first-order valence-electron chi connectivity index (χ1n) is 14.2. The molecule has 1 saturated carbocycles. The molecule has 1 aliphatic carbocycles. The van der Waals surface area contributed by atoms with Gasteiger partial charge in [-0.15, -0.1) is 11.3 Å². The largest absolute Gasteiger partial charge is 0.453 e. The Morgan fingerprint density at radius 2 is 1.77 bits per heavy atom. The van der Waals surface area contributed by atoms with Gasteiger partial charge in [-0.2, -0.15) is 0 Å². The van der Waals surface area contributed by atoms with Crippen molar-refractivity contribution in [2.24, 2.45) is 11.7 Å². The van der Waals surface area contributed by atoms with Gasteiger partial charge in [-0.25, -0.2) is 4.39 Å². The first kappa shape index (κ1) is 34.1. The maximum absolute atomic E-state index is 14.7. The van der Waals surface area contributed by atoms with E-state index in [1.807, 2.05) is 13.0 Å². The van der Waals surface area contributed by atoms with Gasteiger partial charge in [0.25, 0.3) is 0 Å². The number of thiophene rings is 1. The van der Waals surface area contributed by atoms with Crippen molar-refractivity contribution in [2.75, 3.05) is 0 Å². The minimum atomic E-state index is -0.562. The first-order valence-corrected chi connectivity index (χ1v) is 15.0. The summed E-state index contributed by atoms with van der Waals surface area (Å²) in [6, 6.07) is 12.1. The number of rotatable bonds is 9. The minimum absolute atomic E-state index is 0.0966. The van der Waals surface area contributed by atoms with E-state index in [-0.39, 0.29) is 18.0 Å². The number of nitrogens with zero attached hydrogens (tertiary/aromatic N) is 2. The number of fused-ring (bicyclic) bond motifs is 1. The van der Waals surface area contributed by atoms with Crippen molar-refractivity contribution >= 4 is 45.6 Å². The predicted octanol–water partition coefficient (Wildman–Crippen LogP) is 6.85. The number of pyridine rings is 2. The lowest BCUT2D eigenvalue weighted by Crippen LogP contribution is -2.11. The second kappa shape index (κ2) is 16.5. The third-order valence-electron chi connectivity index (χ3n) is 6.31. The van der Waals surface area contributed by atoms with E-state index < -0.39 is 17.8 Å². The van der Waals surface area contributed by atoms with Gasteiger partial charge in [0.05, 0.1) is 20.8 Å². The van der Waals surface area contributed by atoms with Gasteiger partial charge in [0, 0.05) is 56.8 Å². The lowest BCUT2D eigenvalue weighted by Gasteiger charge is -2.09. The Bertz CT molecular complexity index is 1590. The Labute approximate surface area is 259 Å². The highest BCUT2D eigenvalue weighted by molar-refractivity contribution is 7.22. The molecule has 5 rings (SSSR count). The van der Waals surface area contributed by atoms with Crippen molar-refractivity contribution in [1.82, 2.24) is 9.97 Å². The van der Waals surface area contributed by atoms with E-state index in [0.717, 1.165) is 40.8 Å². The molecule has 1 atom stereocenters. The summed E-state index contributed by atoms with van der Waals surface area (Å²) in [4.78, 5) is 52.1. The van der Waals surface area contributed by atoms with Crippen LogP contribution in [0.1, 0.15) is 69.3 Å².